The Morgan fingerprint density at radius 1 is 1.18 bits per heavy atom. The summed E-state index contributed by atoms with van der Waals surface area (Å²) in [7, 11) is 0. The predicted molar refractivity (Wildman–Crippen MR) is 109 cm³/mol. The Morgan fingerprint density at radius 3 is 2.61 bits per heavy atom. The Kier molecular flexibility index (Phi) is 6.24. The van der Waals surface area contributed by atoms with Crippen LogP contribution < -0.4 is 0 Å². The smallest absolute Gasteiger partial charge is 0.138 e. The summed E-state index contributed by atoms with van der Waals surface area (Å²) in [5.74, 6) is 0. The molecule has 1 atom stereocenters. The summed E-state index contributed by atoms with van der Waals surface area (Å²) in [6.07, 6.45) is 10.9. The summed E-state index contributed by atoms with van der Waals surface area (Å²) in [4.78, 5) is 4.57. The van der Waals surface area contributed by atoms with Gasteiger partial charge in [0.2, 0.25) is 0 Å². The van der Waals surface area contributed by atoms with Crippen LogP contribution in [0.4, 0.5) is 0 Å². The van der Waals surface area contributed by atoms with Crippen LogP contribution in [0.25, 0.3) is 11.1 Å². The van der Waals surface area contributed by atoms with Gasteiger partial charge in [0.25, 0.3) is 0 Å². The maximum absolute atomic E-state index is 11.5. The molecule has 0 aliphatic carbocycles. The van der Waals surface area contributed by atoms with Crippen LogP contribution in [0.15, 0.2) is 91.4 Å². The Hall–Kier alpha value is -3.38. The zero-order chi connectivity index (χ0) is 19.8. The summed E-state index contributed by atoms with van der Waals surface area (Å²) >= 11 is 0. The lowest BCUT2D eigenvalue weighted by Crippen LogP contribution is -2.39. The molecular formula is C22H23N5O. The molecule has 28 heavy (non-hydrogen) atoms. The van der Waals surface area contributed by atoms with Gasteiger partial charge in [-0.2, -0.15) is 0 Å². The largest absolute Gasteiger partial charge is 0.383 e. The molecule has 3 rings (SSSR count). The third kappa shape index (κ3) is 4.66. The number of rotatable bonds is 8. The summed E-state index contributed by atoms with van der Waals surface area (Å²) in [5, 5.41) is 22.7. The molecule has 0 aliphatic heterocycles. The van der Waals surface area contributed by atoms with Crippen molar-refractivity contribution in [2.45, 2.75) is 25.5 Å². The molecular weight excluding hydrogens is 350 g/mol. The van der Waals surface area contributed by atoms with Crippen LogP contribution in [-0.4, -0.2) is 35.9 Å². The van der Waals surface area contributed by atoms with Crippen molar-refractivity contribution in [2.75, 3.05) is 0 Å². The van der Waals surface area contributed by atoms with E-state index >= 15 is 0 Å². The normalized spacial score (nSPS) is 14.1. The van der Waals surface area contributed by atoms with Crippen molar-refractivity contribution in [2.24, 2.45) is 0 Å². The van der Waals surface area contributed by atoms with Gasteiger partial charge in [0.1, 0.15) is 11.9 Å². The lowest BCUT2D eigenvalue weighted by molar-refractivity contribution is 0.0581. The average Bonchev–Trinajstić information content (AvgIpc) is 3.22. The minimum atomic E-state index is -1.25. The van der Waals surface area contributed by atoms with Gasteiger partial charge in [0, 0.05) is 23.9 Å². The van der Waals surface area contributed by atoms with E-state index in [1.807, 2.05) is 73.8 Å². The molecule has 142 valence electrons. The topological polar surface area (TPSA) is 76.7 Å². The first-order chi connectivity index (χ1) is 13.6. The number of hydrogen-bond acceptors (Lipinski definition) is 5. The van der Waals surface area contributed by atoms with Crippen LogP contribution in [0.3, 0.4) is 0 Å². The van der Waals surface area contributed by atoms with Crippen molar-refractivity contribution in [3.8, 4) is 11.1 Å². The van der Waals surface area contributed by atoms with E-state index in [2.05, 4.69) is 27.1 Å². The number of tetrazole rings is 1. The molecule has 6 heteroatoms. The average molecular weight is 373 g/mol. The Morgan fingerprint density at radius 2 is 2.00 bits per heavy atom. The van der Waals surface area contributed by atoms with Gasteiger partial charge in [-0.1, -0.05) is 67.3 Å². The van der Waals surface area contributed by atoms with Crippen molar-refractivity contribution in [1.82, 2.24) is 25.2 Å². The van der Waals surface area contributed by atoms with Crippen molar-refractivity contribution >= 4 is 0 Å². The van der Waals surface area contributed by atoms with E-state index in [1.165, 1.54) is 11.0 Å². The highest BCUT2D eigenvalue weighted by Gasteiger charge is 2.32. The fourth-order valence-electron chi connectivity index (χ4n) is 3.01. The van der Waals surface area contributed by atoms with Gasteiger partial charge < -0.3 is 5.11 Å². The van der Waals surface area contributed by atoms with Crippen molar-refractivity contribution in [3.05, 3.63) is 97.1 Å². The minimum Gasteiger partial charge on any atom is -0.383 e. The zero-order valence-electron chi connectivity index (χ0n) is 15.8. The molecule has 6 nitrogen and oxygen atoms in total. The molecule has 2 aromatic heterocycles. The van der Waals surface area contributed by atoms with Gasteiger partial charge in [-0.05, 0) is 34.6 Å². The van der Waals surface area contributed by atoms with Crippen molar-refractivity contribution in [3.63, 3.8) is 0 Å². The quantitative estimate of drug-likeness (QED) is 0.613. The maximum atomic E-state index is 11.5. The molecule has 0 fully saturated rings. The molecule has 0 saturated heterocycles. The maximum Gasteiger partial charge on any atom is 0.138 e. The van der Waals surface area contributed by atoms with Crippen LogP contribution >= 0.6 is 0 Å². The summed E-state index contributed by atoms with van der Waals surface area (Å²) in [6, 6.07) is 14.0. The standard InChI is InChI=1S/C22H23N5O/c1-3-5-11-20(4-2)22(28,16-27-17-24-25-26-27)14-21-13-12-19(15-23-21)18-9-7-6-8-10-18/h3-13,15,17,28H,2,14,16H2,1H3/b5-3-,20-11+/t22-/m1/s1. The number of aromatic nitrogens is 5. The molecule has 0 radical (unpaired) electrons. The first-order valence-corrected chi connectivity index (χ1v) is 9.04. The first kappa shape index (κ1) is 19.4. The number of pyridine rings is 1. The molecule has 0 unspecified atom stereocenters. The molecule has 1 aromatic carbocycles. The summed E-state index contributed by atoms with van der Waals surface area (Å²) in [5.41, 5.74) is 2.32. The fourth-order valence-corrected chi connectivity index (χ4v) is 3.01. The summed E-state index contributed by atoms with van der Waals surface area (Å²) < 4.78 is 1.51. The number of benzene rings is 1. The van der Waals surface area contributed by atoms with Crippen LogP contribution in [0, 0.1) is 0 Å². The van der Waals surface area contributed by atoms with Gasteiger partial charge in [-0.25, -0.2) is 4.68 Å². The SMILES string of the molecule is C=C/C(=C\C=C/C)[C@@](O)(Cc1ccc(-c2ccccc2)cn1)Cn1cnnn1. The molecule has 2 heterocycles. The highest BCUT2D eigenvalue weighted by Crippen LogP contribution is 2.26. The van der Waals surface area contributed by atoms with Gasteiger partial charge in [-0.3, -0.25) is 4.98 Å². The number of nitrogens with zero attached hydrogens (tertiary/aromatic N) is 5. The predicted octanol–water partition coefficient (Wildman–Crippen LogP) is 3.40. The van der Waals surface area contributed by atoms with Crippen LogP contribution in [-0.2, 0) is 13.0 Å². The Bertz CT molecular complexity index is 946. The first-order valence-electron chi connectivity index (χ1n) is 9.04. The second kappa shape index (κ2) is 9.01. The van der Waals surface area contributed by atoms with Crippen LogP contribution in [0.1, 0.15) is 12.6 Å². The molecule has 1 N–H and O–H groups in total. The second-order valence-corrected chi connectivity index (χ2v) is 6.47. The van der Waals surface area contributed by atoms with E-state index in [-0.39, 0.29) is 6.54 Å². The van der Waals surface area contributed by atoms with E-state index in [9.17, 15) is 5.11 Å². The van der Waals surface area contributed by atoms with Crippen molar-refractivity contribution in [1.29, 1.82) is 0 Å². The highest BCUT2D eigenvalue weighted by molar-refractivity contribution is 5.62. The Balaban J connectivity index is 1.89. The molecule has 0 saturated carbocycles. The highest BCUT2D eigenvalue weighted by atomic mass is 16.3. The van der Waals surface area contributed by atoms with E-state index in [0.717, 1.165) is 16.8 Å². The third-order valence-corrected chi connectivity index (χ3v) is 4.45. The lowest BCUT2D eigenvalue weighted by atomic mass is 9.87. The minimum absolute atomic E-state index is 0.192. The van der Waals surface area contributed by atoms with Crippen molar-refractivity contribution < 1.29 is 5.11 Å². The lowest BCUT2D eigenvalue weighted by Gasteiger charge is -2.29. The number of aliphatic hydroxyl groups is 1. The molecule has 0 aliphatic rings. The molecule has 3 aromatic rings. The second-order valence-electron chi connectivity index (χ2n) is 6.47. The van der Waals surface area contributed by atoms with Crippen LogP contribution in [0.2, 0.25) is 0 Å². The summed E-state index contributed by atoms with van der Waals surface area (Å²) in [6.45, 7) is 5.97. The zero-order valence-corrected chi connectivity index (χ0v) is 15.8. The monoisotopic (exact) mass is 373 g/mol. The van der Waals surface area contributed by atoms with Gasteiger partial charge in [0.15, 0.2) is 0 Å². The van der Waals surface area contributed by atoms with Crippen LogP contribution in [0.5, 0.6) is 0 Å². The molecule has 0 bridgehead atoms. The van der Waals surface area contributed by atoms with E-state index < -0.39 is 5.60 Å². The Labute approximate surface area is 164 Å². The van der Waals surface area contributed by atoms with E-state index in [1.54, 1.807) is 6.08 Å². The molecule has 0 amide bonds. The van der Waals surface area contributed by atoms with Gasteiger partial charge >= 0.3 is 0 Å². The molecule has 0 spiro atoms. The third-order valence-electron chi connectivity index (χ3n) is 4.45. The number of hydrogen-bond donors (Lipinski definition) is 1. The van der Waals surface area contributed by atoms with E-state index in [4.69, 9.17) is 0 Å². The van der Waals surface area contributed by atoms with Gasteiger partial charge in [-0.15, -0.1) is 5.10 Å². The van der Waals surface area contributed by atoms with Gasteiger partial charge in [0.05, 0.1) is 6.54 Å². The van der Waals surface area contributed by atoms with E-state index in [0.29, 0.717) is 12.0 Å². The fraction of sp³-hybridized carbons (Fsp3) is 0.182. The number of allylic oxidation sites excluding steroid dienone is 3.